The van der Waals surface area contributed by atoms with Crippen LogP contribution in [0.2, 0.25) is 0 Å². The Labute approximate surface area is 174 Å². The van der Waals surface area contributed by atoms with Crippen molar-refractivity contribution in [2.75, 3.05) is 58.8 Å². The summed E-state index contributed by atoms with van der Waals surface area (Å²) in [6, 6.07) is 0. The summed E-state index contributed by atoms with van der Waals surface area (Å²) in [5, 5.41) is 0.171. The maximum atomic E-state index is 12.2. The normalized spacial score (nSPS) is 25.6. The fraction of sp³-hybridized carbons (Fsp3) is 0.850. The minimum absolute atomic E-state index is 0.0858. The van der Waals surface area contributed by atoms with Crippen LogP contribution in [0.3, 0.4) is 0 Å². The first-order valence-corrected chi connectivity index (χ1v) is 12.8. The SMILES string of the molecule is CS(=O)(=O)c1ncc(CN2CCC(CN3CCOCC3)CC2)n1CC1CCCO1. The van der Waals surface area contributed by atoms with E-state index in [4.69, 9.17) is 9.47 Å². The standard InChI is InChI=1S/C20H34N4O4S/c1-29(25,26)20-21-13-18(24(20)16-19-3-2-10-28-19)15-22-6-4-17(5-7-22)14-23-8-11-27-12-9-23/h13,17,19H,2-12,14-16H2,1H3. The summed E-state index contributed by atoms with van der Waals surface area (Å²) >= 11 is 0. The van der Waals surface area contributed by atoms with Crippen LogP contribution in [-0.2, 0) is 32.4 Å². The summed E-state index contributed by atoms with van der Waals surface area (Å²) < 4.78 is 37.5. The van der Waals surface area contributed by atoms with Crippen LogP contribution in [-0.4, -0.2) is 92.7 Å². The molecule has 1 aromatic rings. The van der Waals surface area contributed by atoms with Crippen molar-refractivity contribution in [3.8, 4) is 0 Å². The van der Waals surface area contributed by atoms with Crippen LogP contribution >= 0.6 is 0 Å². The van der Waals surface area contributed by atoms with E-state index in [1.165, 1.54) is 25.6 Å². The second-order valence-electron chi connectivity index (χ2n) is 8.68. The number of sulfone groups is 1. The Morgan fingerprint density at radius 1 is 1.03 bits per heavy atom. The fourth-order valence-corrected chi connectivity index (χ4v) is 5.54. The van der Waals surface area contributed by atoms with Crippen LogP contribution in [0.5, 0.6) is 0 Å². The molecule has 164 valence electrons. The Morgan fingerprint density at radius 2 is 1.79 bits per heavy atom. The van der Waals surface area contributed by atoms with E-state index in [0.29, 0.717) is 6.54 Å². The predicted molar refractivity (Wildman–Crippen MR) is 110 cm³/mol. The number of morpholine rings is 1. The molecule has 3 aliphatic rings. The van der Waals surface area contributed by atoms with Gasteiger partial charge >= 0.3 is 0 Å². The van der Waals surface area contributed by atoms with Gasteiger partial charge in [0.1, 0.15) is 0 Å². The van der Waals surface area contributed by atoms with E-state index in [1.54, 1.807) is 6.20 Å². The highest BCUT2D eigenvalue weighted by atomic mass is 32.2. The average molecular weight is 427 g/mol. The number of aromatic nitrogens is 2. The molecule has 0 aliphatic carbocycles. The second-order valence-corrected chi connectivity index (χ2v) is 10.6. The zero-order chi connectivity index (χ0) is 20.3. The maximum absolute atomic E-state index is 12.2. The monoisotopic (exact) mass is 426 g/mol. The van der Waals surface area contributed by atoms with Gasteiger partial charge in [0, 0.05) is 39.0 Å². The molecule has 3 aliphatic heterocycles. The van der Waals surface area contributed by atoms with E-state index in [0.717, 1.165) is 77.0 Å². The maximum Gasteiger partial charge on any atom is 0.227 e. The summed E-state index contributed by atoms with van der Waals surface area (Å²) in [6.07, 6.45) is 7.47. The molecule has 29 heavy (non-hydrogen) atoms. The van der Waals surface area contributed by atoms with Gasteiger partial charge in [0.2, 0.25) is 15.0 Å². The first-order valence-electron chi connectivity index (χ1n) is 10.9. The number of piperidine rings is 1. The van der Waals surface area contributed by atoms with E-state index in [2.05, 4.69) is 14.8 Å². The molecule has 1 aromatic heterocycles. The van der Waals surface area contributed by atoms with E-state index >= 15 is 0 Å². The van der Waals surface area contributed by atoms with Crippen molar-refractivity contribution in [1.82, 2.24) is 19.4 Å². The molecule has 0 radical (unpaired) electrons. The van der Waals surface area contributed by atoms with Crippen molar-refractivity contribution in [3.63, 3.8) is 0 Å². The smallest absolute Gasteiger partial charge is 0.227 e. The van der Waals surface area contributed by atoms with Crippen LogP contribution in [0.1, 0.15) is 31.4 Å². The van der Waals surface area contributed by atoms with Gasteiger partial charge in [-0.25, -0.2) is 13.4 Å². The summed E-state index contributed by atoms with van der Waals surface area (Å²) in [6.45, 7) is 9.18. The summed E-state index contributed by atoms with van der Waals surface area (Å²) in [5.41, 5.74) is 0.979. The van der Waals surface area contributed by atoms with E-state index < -0.39 is 9.84 Å². The third-order valence-electron chi connectivity index (χ3n) is 6.36. The molecule has 0 bridgehead atoms. The Balaban J connectivity index is 1.36. The minimum Gasteiger partial charge on any atom is -0.379 e. The first-order chi connectivity index (χ1) is 14.0. The predicted octanol–water partition coefficient (Wildman–Crippen LogP) is 1.01. The molecule has 0 N–H and O–H groups in total. The van der Waals surface area contributed by atoms with Crippen LogP contribution in [0.4, 0.5) is 0 Å². The van der Waals surface area contributed by atoms with Gasteiger partial charge < -0.3 is 14.0 Å². The van der Waals surface area contributed by atoms with Crippen molar-refractivity contribution in [2.45, 2.75) is 50.0 Å². The lowest BCUT2D eigenvalue weighted by Gasteiger charge is -2.36. The van der Waals surface area contributed by atoms with Gasteiger partial charge in [0.05, 0.1) is 37.8 Å². The Bertz CT molecular complexity index is 761. The molecule has 3 fully saturated rings. The highest BCUT2D eigenvalue weighted by Gasteiger charge is 2.27. The molecule has 4 rings (SSSR count). The Morgan fingerprint density at radius 3 is 2.45 bits per heavy atom. The van der Waals surface area contributed by atoms with Gasteiger partial charge in [-0.3, -0.25) is 9.80 Å². The number of hydrogen-bond acceptors (Lipinski definition) is 7. The lowest BCUT2D eigenvalue weighted by Crippen LogP contribution is -2.42. The Hall–Kier alpha value is -1.00. The quantitative estimate of drug-likeness (QED) is 0.644. The van der Waals surface area contributed by atoms with Crippen molar-refractivity contribution in [2.24, 2.45) is 5.92 Å². The highest BCUT2D eigenvalue weighted by molar-refractivity contribution is 7.90. The van der Waals surface area contributed by atoms with Crippen molar-refractivity contribution in [3.05, 3.63) is 11.9 Å². The topological polar surface area (TPSA) is 76.9 Å². The molecule has 0 amide bonds. The van der Waals surface area contributed by atoms with Crippen molar-refractivity contribution in [1.29, 1.82) is 0 Å². The minimum atomic E-state index is -3.36. The molecule has 9 heteroatoms. The van der Waals surface area contributed by atoms with Crippen molar-refractivity contribution < 1.29 is 17.9 Å². The molecule has 0 aromatic carbocycles. The molecule has 8 nitrogen and oxygen atoms in total. The number of rotatable bonds is 7. The lowest BCUT2D eigenvalue weighted by atomic mass is 9.96. The second kappa shape index (κ2) is 9.43. The van der Waals surface area contributed by atoms with Gasteiger partial charge in [0.15, 0.2) is 0 Å². The fourth-order valence-electron chi connectivity index (χ4n) is 4.71. The van der Waals surface area contributed by atoms with E-state index in [1.807, 2.05) is 4.57 Å². The highest BCUT2D eigenvalue weighted by Crippen LogP contribution is 2.23. The lowest BCUT2D eigenvalue weighted by molar-refractivity contribution is 0.0240. The number of nitrogens with zero attached hydrogens (tertiary/aromatic N) is 4. The molecule has 3 saturated heterocycles. The number of hydrogen-bond donors (Lipinski definition) is 0. The first kappa shape index (κ1) is 21.2. The summed E-state index contributed by atoms with van der Waals surface area (Å²) in [4.78, 5) is 9.22. The zero-order valence-corrected chi connectivity index (χ0v) is 18.3. The third kappa shape index (κ3) is 5.58. The molecule has 4 heterocycles. The van der Waals surface area contributed by atoms with Crippen molar-refractivity contribution >= 4 is 9.84 Å². The van der Waals surface area contributed by atoms with Crippen LogP contribution in [0.25, 0.3) is 0 Å². The molecule has 0 spiro atoms. The number of ether oxygens (including phenoxy) is 2. The zero-order valence-electron chi connectivity index (χ0n) is 17.5. The van der Waals surface area contributed by atoms with Crippen LogP contribution < -0.4 is 0 Å². The third-order valence-corrected chi connectivity index (χ3v) is 7.35. The molecular weight excluding hydrogens is 392 g/mol. The molecule has 1 atom stereocenters. The van der Waals surface area contributed by atoms with Gasteiger partial charge in [0.25, 0.3) is 0 Å². The van der Waals surface area contributed by atoms with Gasteiger partial charge in [-0.1, -0.05) is 0 Å². The molecular formula is C20H34N4O4S. The van der Waals surface area contributed by atoms with E-state index in [9.17, 15) is 8.42 Å². The largest absolute Gasteiger partial charge is 0.379 e. The van der Waals surface area contributed by atoms with Gasteiger partial charge in [-0.2, -0.15) is 0 Å². The van der Waals surface area contributed by atoms with Gasteiger partial charge in [-0.15, -0.1) is 0 Å². The molecule has 1 unspecified atom stereocenters. The van der Waals surface area contributed by atoms with Gasteiger partial charge in [-0.05, 0) is 44.7 Å². The van der Waals surface area contributed by atoms with Crippen LogP contribution in [0.15, 0.2) is 11.4 Å². The Kier molecular flexibility index (Phi) is 6.91. The summed E-state index contributed by atoms with van der Waals surface area (Å²) in [5.74, 6) is 0.743. The average Bonchev–Trinajstić information content (AvgIpc) is 3.35. The van der Waals surface area contributed by atoms with E-state index in [-0.39, 0.29) is 11.3 Å². The van der Waals surface area contributed by atoms with Crippen LogP contribution in [0, 0.1) is 5.92 Å². The summed E-state index contributed by atoms with van der Waals surface area (Å²) in [7, 11) is -3.36. The number of imidazole rings is 1. The number of likely N-dealkylation sites (tertiary alicyclic amines) is 1. The molecule has 0 saturated carbocycles.